The highest BCUT2D eigenvalue weighted by Gasteiger charge is 2.21. The molecule has 23 heavy (non-hydrogen) atoms. The molecular weight excluding hydrogens is 314 g/mol. The summed E-state index contributed by atoms with van der Waals surface area (Å²) in [4.78, 5) is 0. The number of para-hydroxylation sites is 1. The molecule has 0 bridgehead atoms. The monoisotopic (exact) mass is 335 g/mol. The molecule has 1 aliphatic heterocycles. The maximum atomic E-state index is 12.1. The van der Waals surface area contributed by atoms with Crippen LogP contribution in [-0.4, -0.2) is 36.7 Å². The molecule has 6 nitrogen and oxygen atoms in total. The van der Waals surface area contributed by atoms with Crippen molar-refractivity contribution in [3.8, 4) is 5.69 Å². The van der Waals surface area contributed by atoms with Gasteiger partial charge in [0.2, 0.25) is 10.0 Å². The van der Waals surface area contributed by atoms with Crippen molar-refractivity contribution in [1.29, 1.82) is 0 Å². The number of sulfonamides is 1. The molecule has 0 aliphatic carbocycles. The highest BCUT2D eigenvalue weighted by atomic mass is 32.2. The van der Waals surface area contributed by atoms with Gasteiger partial charge in [0.25, 0.3) is 0 Å². The molecule has 2 aromatic rings. The van der Waals surface area contributed by atoms with Crippen LogP contribution >= 0.6 is 0 Å². The zero-order chi connectivity index (χ0) is 16.1. The third kappa shape index (κ3) is 4.63. The molecule has 1 fully saturated rings. The molecule has 0 spiro atoms. The molecule has 0 unspecified atom stereocenters. The van der Waals surface area contributed by atoms with Crippen molar-refractivity contribution in [2.45, 2.75) is 31.9 Å². The molecule has 1 aromatic carbocycles. The lowest BCUT2D eigenvalue weighted by molar-refractivity contribution is 0.0304. The normalized spacial score (nSPS) is 18.9. The van der Waals surface area contributed by atoms with Gasteiger partial charge in [-0.15, -0.1) is 0 Å². The average molecular weight is 335 g/mol. The van der Waals surface area contributed by atoms with E-state index in [9.17, 15) is 8.42 Å². The molecule has 124 valence electrons. The summed E-state index contributed by atoms with van der Waals surface area (Å²) >= 11 is 0. The summed E-state index contributed by atoms with van der Waals surface area (Å²) in [7, 11) is -3.35. The lowest BCUT2D eigenvalue weighted by Gasteiger charge is -2.22. The van der Waals surface area contributed by atoms with E-state index in [1.165, 1.54) is 0 Å². The van der Waals surface area contributed by atoms with E-state index in [1.54, 1.807) is 10.9 Å². The predicted octanol–water partition coefficient (Wildman–Crippen LogP) is 1.86. The molecule has 1 saturated heterocycles. The van der Waals surface area contributed by atoms with Crippen LogP contribution in [0.1, 0.15) is 24.8 Å². The summed E-state index contributed by atoms with van der Waals surface area (Å²) in [5.74, 6) is 0.0276. The van der Waals surface area contributed by atoms with E-state index in [-0.39, 0.29) is 18.4 Å². The summed E-state index contributed by atoms with van der Waals surface area (Å²) in [6.45, 7) is 0.895. The van der Waals surface area contributed by atoms with Crippen molar-refractivity contribution >= 4 is 10.0 Å². The fourth-order valence-electron chi connectivity index (χ4n) is 2.61. The van der Waals surface area contributed by atoms with Crippen molar-refractivity contribution in [1.82, 2.24) is 14.5 Å². The molecule has 1 aromatic heterocycles. The van der Waals surface area contributed by atoms with Gasteiger partial charge in [0.15, 0.2) is 0 Å². The van der Waals surface area contributed by atoms with Crippen LogP contribution in [0.3, 0.4) is 0 Å². The fourth-order valence-corrected chi connectivity index (χ4v) is 3.87. The Morgan fingerprint density at radius 2 is 2.09 bits per heavy atom. The number of aromatic nitrogens is 2. The Kier molecular flexibility index (Phi) is 5.09. The molecule has 1 aliphatic rings. The minimum atomic E-state index is -3.35. The number of hydrogen-bond donors (Lipinski definition) is 1. The van der Waals surface area contributed by atoms with E-state index in [1.807, 2.05) is 36.5 Å². The van der Waals surface area contributed by atoms with Crippen LogP contribution in [0.15, 0.2) is 42.7 Å². The average Bonchev–Trinajstić information content (AvgIpc) is 3.04. The van der Waals surface area contributed by atoms with Gasteiger partial charge in [-0.2, -0.15) is 5.10 Å². The Labute approximate surface area is 136 Å². The zero-order valence-electron chi connectivity index (χ0n) is 12.9. The van der Waals surface area contributed by atoms with Gasteiger partial charge < -0.3 is 4.74 Å². The summed E-state index contributed by atoms with van der Waals surface area (Å²) < 4.78 is 34.1. The Morgan fingerprint density at radius 3 is 2.83 bits per heavy atom. The first kappa shape index (κ1) is 16.2. The van der Waals surface area contributed by atoms with Gasteiger partial charge in [0, 0.05) is 24.9 Å². The Hall–Kier alpha value is -1.70. The molecule has 3 rings (SSSR count). The highest BCUT2D eigenvalue weighted by molar-refractivity contribution is 7.89. The lowest BCUT2D eigenvalue weighted by Crippen LogP contribution is -2.34. The number of hydrogen-bond acceptors (Lipinski definition) is 4. The van der Waals surface area contributed by atoms with Crippen LogP contribution in [0.2, 0.25) is 0 Å². The van der Waals surface area contributed by atoms with Crippen molar-refractivity contribution in [3.05, 3.63) is 48.3 Å². The smallest absolute Gasteiger partial charge is 0.214 e. The second-order valence-corrected chi connectivity index (χ2v) is 7.57. The number of rotatable bonds is 6. The summed E-state index contributed by atoms with van der Waals surface area (Å²) in [5.41, 5.74) is 1.76. The first-order chi connectivity index (χ1) is 11.1. The first-order valence-corrected chi connectivity index (χ1v) is 9.45. The zero-order valence-corrected chi connectivity index (χ0v) is 13.7. The summed E-state index contributed by atoms with van der Waals surface area (Å²) in [6, 6.07) is 9.70. The summed E-state index contributed by atoms with van der Waals surface area (Å²) in [5, 5.41) is 4.26. The van der Waals surface area contributed by atoms with Gasteiger partial charge in [-0.05, 0) is 31.4 Å². The van der Waals surface area contributed by atoms with Gasteiger partial charge in [-0.3, -0.25) is 0 Å². The SMILES string of the molecule is O=S(=O)(C[C@H]1CCCCO1)NCc1cnn(-c2ccccc2)c1. The second-order valence-electron chi connectivity index (χ2n) is 5.72. The van der Waals surface area contributed by atoms with E-state index in [4.69, 9.17) is 4.74 Å². The second kappa shape index (κ2) is 7.25. The van der Waals surface area contributed by atoms with Gasteiger partial charge >= 0.3 is 0 Å². The van der Waals surface area contributed by atoms with Gasteiger partial charge in [0.1, 0.15) is 0 Å². The predicted molar refractivity (Wildman–Crippen MR) is 87.8 cm³/mol. The number of nitrogens with one attached hydrogen (secondary N) is 1. The minimum absolute atomic E-state index is 0.0276. The molecular formula is C16H21N3O3S. The number of ether oxygens (including phenoxy) is 1. The number of benzene rings is 1. The largest absolute Gasteiger partial charge is 0.377 e. The number of nitrogens with zero attached hydrogens (tertiary/aromatic N) is 2. The van der Waals surface area contributed by atoms with Crippen LogP contribution in [-0.2, 0) is 21.3 Å². The van der Waals surface area contributed by atoms with Gasteiger partial charge in [0.05, 0.1) is 23.7 Å². The Balaban J connectivity index is 1.56. The fraction of sp³-hybridized carbons (Fsp3) is 0.438. The van der Waals surface area contributed by atoms with E-state index in [0.717, 1.165) is 30.5 Å². The van der Waals surface area contributed by atoms with Crippen molar-refractivity contribution in [3.63, 3.8) is 0 Å². The van der Waals surface area contributed by atoms with Gasteiger partial charge in [-0.25, -0.2) is 17.8 Å². The maximum Gasteiger partial charge on any atom is 0.214 e. The van der Waals surface area contributed by atoms with Crippen LogP contribution in [0, 0.1) is 0 Å². The minimum Gasteiger partial charge on any atom is -0.377 e. The van der Waals surface area contributed by atoms with Gasteiger partial charge in [-0.1, -0.05) is 18.2 Å². The van der Waals surface area contributed by atoms with E-state index >= 15 is 0 Å². The third-order valence-corrected chi connectivity index (χ3v) is 5.23. The molecule has 0 radical (unpaired) electrons. The molecule has 1 N–H and O–H groups in total. The van der Waals surface area contributed by atoms with E-state index in [2.05, 4.69) is 9.82 Å². The van der Waals surface area contributed by atoms with Crippen LogP contribution in [0.25, 0.3) is 5.69 Å². The maximum absolute atomic E-state index is 12.1. The molecule has 0 saturated carbocycles. The highest BCUT2D eigenvalue weighted by Crippen LogP contribution is 2.14. The standard InChI is InChI=1S/C16H21N3O3S/c20-23(21,13-16-8-4-5-9-22-16)18-11-14-10-17-19(12-14)15-6-2-1-3-7-15/h1-3,6-7,10,12,16,18H,4-5,8-9,11,13H2/t16-/m1/s1. The third-order valence-electron chi connectivity index (χ3n) is 3.83. The van der Waals surface area contributed by atoms with Crippen molar-refractivity contribution in [2.75, 3.05) is 12.4 Å². The van der Waals surface area contributed by atoms with Crippen LogP contribution in [0.5, 0.6) is 0 Å². The topological polar surface area (TPSA) is 73.2 Å². The quantitative estimate of drug-likeness (QED) is 0.874. The van der Waals surface area contributed by atoms with Crippen molar-refractivity contribution < 1.29 is 13.2 Å². The van der Waals surface area contributed by atoms with Crippen molar-refractivity contribution in [2.24, 2.45) is 0 Å². The molecule has 7 heteroatoms. The first-order valence-electron chi connectivity index (χ1n) is 7.80. The summed E-state index contributed by atoms with van der Waals surface area (Å²) in [6.07, 6.45) is 6.18. The van der Waals surface area contributed by atoms with E-state index in [0.29, 0.717) is 6.61 Å². The molecule has 1 atom stereocenters. The van der Waals surface area contributed by atoms with Crippen LogP contribution < -0.4 is 4.72 Å². The molecule has 2 heterocycles. The Morgan fingerprint density at radius 1 is 1.26 bits per heavy atom. The van der Waals surface area contributed by atoms with E-state index < -0.39 is 10.0 Å². The van der Waals surface area contributed by atoms with Crippen LogP contribution in [0.4, 0.5) is 0 Å². The lowest BCUT2D eigenvalue weighted by atomic mass is 10.1. The Bertz CT molecular complexity index is 722. The molecule has 0 amide bonds.